The van der Waals surface area contributed by atoms with Crippen molar-refractivity contribution in [3.05, 3.63) is 33.8 Å². The van der Waals surface area contributed by atoms with E-state index in [0.29, 0.717) is 4.47 Å². The van der Waals surface area contributed by atoms with Gasteiger partial charge in [0.05, 0.1) is 31.8 Å². The number of rotatable bonds is 7. The zero-order chi connectivity index (χ0) is 20.1. The first-order chi connectivity index (χ1) is 12.8. The number of imide groups is 1. The summed E-state index contributed by atoms with van der Waals surface area (Å²) in [6.45, 7) is -1.08. The largest absolute Gasteiger partial charge is 0.469 e. The molecule has 0 spiro atoms. The van der Waals surface area contributed by atoms with Crippen LogP contribution in [0.1, 0.15) is 27.1 Å². The van der Waals surface area contributed by atoms with Crippen molar-refractivity contribution in [1.29, 1.82) is 0 Å². The van der Waals surface area contributed by atoms with Crippen LogP contribution in [0.3, 0.4) is 0 Å². The molecule has 3 amide bonds. The molecule has 0 atom stereocenters. The number of methoxy groups -OCH3 is 2. The first kappa shape index (κ1) is 20.6. The van der Waals surface area contributed by atoms with Crippen LogP contribution in [0.25, 0.3) is 0 Å². The molecule has 27 heavy (non-hydrogen) atoms. The Labute approximate surface area is 163 Å². The van der Waals surface area contributed by atoms with Crippen LogP contribution in [0, 0.1) is 0 Å². The van der Waals surface area contributed by atoms with Crippen molar-refractivity contribution in [2.24, 2.45) is 0 Å². The van der Waals surface area contributed by atoms with Gasteiger partial charge in [-0.2, -0.15) is 0 Å². The molecule has 0 radical (unpaired) electrons. The van der Waals surface area contributed by atoms with E-state index >= 15 is 0 Å². The standard InChI is InChI=1S/C17H17BrN2O7/c1-26-14(22)5-6-19(9-15(23)27-2)13(21)8-20-16(24)11-4-3-10(18)7-12(11)17(20)25/h3-4,7H,5-6,8-9H2,1-2H3. The molecule has 144 valence electrons. The van der Waals surface area contributed by atoms with Crippen LogP contribution in [0.2, 0.25) is 0 Å². The Kier molecular flexibility index (Phi) is 6.67. The Morgan fingerprint density at radius 1 is 1.04 bits per heavy atom. The maximum atomic E-state index is 12.6. The molecular weight excluding hydrogens is 424 g/mol. The first-order valence-electron chi connectivity index (χ1n) is 7.85. The molecule has 10 heteroatoms. The number of carbonyl (C=O) groups is 5. The third-order valence-corrected chi connectivity index (χ3v) is 4.43. The molecule has 1 aromatic rings. The summed E-state index contributed by atoms with van der Waals surface area (Å²) in [5.41, 5.74) is 0.390. The van der Waals surface area contributed by atoms with E-state index in [1.165, 1.54) is 19.2 Å². The van der Waals surface area contributed by atoms with E-state index in [1.807, 2.05) is 0 Å². The number of carbonyl (C=O) groups excluding carboxylic acids is 5. The number of hydrogen-bond donors (Lipinski definition) is 0. The monoisotopic (exact) mass is 440 g/mol. The van der Waals surface area contributed by atoms with Gasteiger partial charge in [-0.05, 0) is 18.2 Å². The lowest BCUT2D eigenvalue weighted by atomic mass is 10.1. The van der Waals surface area contributed by atoms with Gasteiger partial charge in [-0.1, -0.05) is 15.9 Å². The van der Waals surface area contributed by atoms with E-state index in [2.05, 4.69) is 25.4 Å². The number of fused-ring (bicyclic) bond motifs is 1. The van der Waals surface area contributed by atoms with Gasteiger partial charge in [0.15, 0.2) is 0 Å². The Morgan fingerprint density at radius 2 is 1.67 bits per heavy atom. The summed E-state index contributed by atoms with van der Waals surface area (Å²) in [6.07, 6.45) is -0.145. The van der Waals surface area contributed by atoms with Crippen LogP contribution in [0.5, 0.6) is 0 Å². The minimum Gasteiger partial charge on any atom is -0.469 e. The van der Waals surface area contributed by atoms with Crippen LogP contribution >= 0.6 is 15.9 Å². The highest BCUT2D eigenvalue weighted by atomic mass is 79.9. The summed E-state index contributed by atoms with van der Waals surface area (Å²) in [6, 6.07) is 4.62. The quantitative estimate of drug-likeness (QED) is 0.451. The van der Waals surface area contributed by atoms with Crippen molar-refractivity contribution in [3.63, 3.8) is 0 Å². The van der Waals surface area contributed by atoms with Crippen LogP contribution < -0.4 is 0 Å². The molecule has 0 unspecified atom stereocenters. The van der Waals surface area contributed by atoms with Crippen LogP contribution in [0.15, 0.2) is 22.7 Å². The van der Waals surface area contributed by atoms with E-state index in [0.717, 1.165) is 16.9 Å². The predicted molar refractivity (Wildman–Crippen MR) is 94.7 cm³/mol. The number of nitrogens with zero attached hydrogens (tertiary/aromatic N) is 2. The maximum absolute atomic E-state index is 12.6. The van der Waals surface area contributed by atoms with E-state index in [-0.39, 0.29) is 24.1 Å². The molecule has 0 aliphatic carbocycles. The molecule has 1 heterocycles. The second-order valence-corrected chi connectivity index (χ2v) is 6.52. The Bertz CT molecular complexity index is 808. The molecule has 2 rings (SSSR count). The highest BCUT2D eigenvalue weighted by Gasteiger charge is 2.37. The van der Waals surface area contributed by atoms with Gasteiger partial charge in [-0.3, -0.25) is 28.9 Å². The van der Waals surface area contributed by atoms with Crippen molar-refractivity contribution in [2.45, 2.75) is 6.42 Å². The third-order valence-electron chi connectivity index (χ3n) is 3.94. The van der Waals surface area contributed by atoms with Crippen LogP contribution in [-0.2, 0) is 23.9 Å². The van der Waals surface area contributed by atoms with E-state index in [1.54, 1.807) is 6.07 Å². The lowest BCUT2D eigenvalue weighted by Gasteiger charge is -2.23. The number of esters is 2. The molecule has 0 aromatic heterocycles. The van der Waals surface area contributed by atoms with Gasteiger partial charge in [0.25, 0.3) is 11.8 Å². The summed E-state index contributed by atoms with van der Waals surface area (Å²) in [7, 11) is 2.36. The molecule has 0 saturated heterocycles. The fourth-order valence-electron chi connectivity index (χ4n) is 2.48. The van der Waals surface area contributed by atoms with Gasteiger partial charge in [0.2, 0.25) is 5.91 Å². The number of amides is 3. The third kappa shape index (κ3) is 4.70. The molecule has 0 fully saturated rings. The summed E-state index contributed by atoms with van der Waals surface area (Å²) >= 11 is 3.23. The van der Waals surface area contributed by atoms with Gasteiger partial charge in [0, 0.05) is 11.0 Å². The summed E-state index contributed by atoms with van der Waals surface area (Å²) < 4.78 is 9.68. The molecule has 1 aliphatic heterocycles. The summed E-state index contributed by atoms with van der Waals surface area (Å²) in [5.74, 6) is -3.13. The van der Waals surface area contributed by atoms with Crippen LogP contribution in [-0.4, -0.2) is 73.3 Å². The fourth-order valence-corrected chi connectivity index (χ4v) is 2.84. The molecule has 0 N–H and O–H groups in total. The van der Waals surface area contributed by atoms with E-state index < -0.39 is 42.7 Å². The number of ether oxygens (including phenoxy) is 2. The van der Waals surface area contributed by atoms with Gasteiger partial charge in [-0.15, -0.1) is 0 Å². The smallest absolute Gasteiger partial charge is 0.325 e. The molecule has 1 aliphatic rings. The van der Waals surface area contributed by atoms with Crippen LogP contribution in [0.4, 0.5) is 0 Å². The number of hydrogen-bond acceptors (Lipinski definition) is 7. The normalized spacial score (nSPS) is 12.6. The highest BCUT2D eigenvalue weighted by molar-refractivity contribution is 9.10. The molecule has 1 aromatic carbocycles. The van der Waals surface area contributed by atoms with E-state index in [9.17, 15) is 24.0 Å². The lowest BCUT2D eigenvalue weighted by Crippen LogP contribution is -2.45. The van der Waals surface area contributed by atoms with Gasteiger partial charge in [0.1, 0.15) is 13.1 Å². The van der Waals surface area contributed by atoms with E-state index in [4.69, 9.17) is 0 Å². The molecule has 0 saturated carbocycles. The van der Waals surface area contributed by atoms with Crippen molar-refractivity contribution < 1.29 is 33.4 Å². The Hall–Kier alpha value is -2.75. The highest BCUT2D eigenvalue weighted by Crippen LogP contribution is 2.26. The number of benzene rings is 1. The minimum atomic E-state index is -0.695. The fraction of sp³-hybridized carbons (Fsp3) is 0.353. The first-order valence-corrected chi connectivity index (χ1v) is 8.65. The molecule has 9 nitrogen and oxygen atoms in total. The second-order valence-electron chi connectivity index (χ2n) is 5.60. The van der Waals surface area contributed by atoms with Crippen molar-refractivity contribution in [2.75, 3.05) is 33.9 Å². The van der Waals surface area contributed by atoms with Crippen molar-refractivity contribution in [3.8, 4) is 0 Å². The topological polar surface area (TPSA) is 110 Å². The van der Waals surface area contributed by atoms with Gasteiger partial charge < -0.3 is 14.4 Å². The summed E-state index contributed by atoms with van der Waals surface area (Å²) in [5, 5.41) is 0. The Morgan fingerprint density at radius 3 is 2.30 bits per heavy atom. The van der Waals surface area contributed by atoms with Gasteiger partial charge in [-0.25, -0.2) is 0 Å². The SMILES string of the molecule is COC(=O)CCN(CC(=O)OC)C(=O)CN1C(=O)c2ccc(Br)cc2C1=O. The van der Waals surface area contributed by atoms with Gasteiger partial charge >= 0.3 is 11.9 Å². The van der Waals surface area contributed by atoms with Crippen molar-refractivity contribution in [1.82, 2.24) is 9.80 Å². The summed E-state index contributed by atoms with van der Waals surface area (Å²) in [4.78, 5) is 62.2. The predicted octanol–water partition coefficient (Wildman–Crippen LogP) is 0.610. The molecule has 0 bridgehead atoms. The zero-order valence-corrected chi connectivity index (χ0v) is 16.3. The second kappa shape index (κ2) is 8.76. The maximum Gasteiger partial charge on any atom is 0.325 e. The average Bonchev–Trinajstić information content (AvgIpc) is 2.88. The molecular formula is C17H17BrN2O7. The number of halogens is 1. The Balaban J connectivity index is 2.14. The van der Waals surface area contributed by atoms with Crippen molar-refractivity contribution >= 4 is 45.6 Å². The minimum absolute atomic E-state index is 0.116. The average molecular weight is 441 g/mol. The lowest BCUT2D eigenvalue weighted by molar-refractivity contribution is -0.148. The zero-order valence-electron chi connectivity index (χ0n) is 14.7.